The Balaban J connectivity index is 1.37. The molecular formula is C27H27F3N6O4. The number of carbonyl (C=O) groups excluding carboxylic acids is 2. The molecule has 0 spiro atoms. The summed E-state index contributed by atoms with van der Waals surface area (Å²) in [5, 5.41) is 18.3. The first-order chi connectivity index (χ1) is 19.1. The molecule has 13 heteroatoms. The van der Waals surface area contributed by atoms with Crippen molar-refractivity contribution in [2.24, 2.45) is 4.99 Å². The minimum atomic E-state index is -4.79. The normalized spacial score (nSPS) is 16.3. The Morgan fingerprint density at radius 1 is 1.20 bits per heavy atom. The van der Waals surface area contributed by atoms with Crippen LogP contribution in [0.3, 0.4) is 0 Å². The number of furan rings is 1. The third kappa shape index (κ3) is 7.89. The van der Waals surface area contributed by atoms with Crippen LogP contribution in [0.15, 0.2) is 57.9 Å². The SMILES string of the molecule is Cc1cc2cc(NC(=NC3CCCCN(CC(=O)NCc4ccc(OC(F)(F)F)cc4)C3=O)NC#N)ccc2o1. The van der Waals surface area contributed by atoms with E-state index in [4.69, 9.17) is 4.42 Å². The van der Waals surface area contributed by atoms with Gasteiger partial charge in [0.15, 0.2) is 6.19 Å². The number of hydrogen-bond acceptors (Lipinski definition) is 6. The lowest BCUT2D eigenvalue weighted by atomic mass is 10.1. The highest BCUT2D eigenvalue weighted by molar-refractivity contribution is 5.98. The van der Waals surface area contributed by atoms with Crippen molar-refractivity contribution in [1.29, 1.82) is 5.26 Å². The van der Waals surface area contributed by atoms with Crippen LogP contribution in [0.4, 0.5) is 18.9 Å². The van der Waals surface area contributed by atoms with Crippen LogP contribution >= 0.6 is 0 Å². The molecule has 1 saturated heterocycles. The molecule has 1 fully saturated rings. The molecule has 1 atom stereocenters. The van der Waals surface area contributed by atoms with Crippen molar-refractivity contribution in [3.8, 4) is 11.9 Å². The Labute approximate surface area is 227 Å². The summed E-state index contributed by atoms with van der Waals surface area (Å²) in [4.78, 5) is 31.7. The molecule has 0 radical (unpaired) electrons. The highest BCUT2D eigenvalue weighted by atomic mass is 19.4. The van der Waals surface area contributed by atoms with Crippen molar-refractivity contribution >= 4 is 34.4 Å². The highest BCUT2D eigenvalue weighted by Gasteiger charge is 2.31. The van der Waals surface area contributed by atoms with Crippen LogP contribution in [0.2, 0.25) is 0 Å². The van der Waals surface area contributed by atoms with E-state index in [1.165, 1.54) is 17.0 Å². The number of nitriles is 1. The number of anilines is 1. The van der Waals surface area contributed by atoms with Crippen molar-refractivity contribution in [3.63, 3.8) is 0 Å². The molecule has 2 heterocycles. The number of rotatable bonds is 7. The Bertz CT molecular complexity index is 1430. The number of nitrogens with zero attached hydrogens (tertiary/aromatic N) is 3. The second-order valence-electron chi connectivity index (χ2n) is 9.19. The predicted molar refractivity (Wildman–Crippen MR) is 140 cm³/mol. The third-order valence-electron chi connectivity index (χ3n) is 6.09. The van der Waals surface area contributed by atoms with Gasteiger partial charge in [0.1, 0.15) is 23.1 Å². The zero-order valence-electron chi connectivity index (χ0n) is 21.5. The van der Waals surface area contributed by atoms with Gasteiger partial charge in [0.2, 0.25) is 17.8 Å². The summed E-state index contributed by atoms with van der Waals surface area (Å²) in [6.45, 7) is 2.07. The Kier molecular flexibility index (Phi) is 8.78. The summed E-state index contributed by atoms with van der Waals surface area (Å²) in [5.74, 6) is -0.268. The lowest BCUT2D eigenvalue weighted by Gasteiger charge is -2.22. The van der Waals surface area contributed by atoms with Crippen molar-refractivity contribution < 1.29 is 31.9 Å². The van der Waals surface area contributed by atoms with Gasteiger partial charge in [0.25, 0.3) is 0 Å². The Hall–Kier alpha value is -4.73. The van der Waals surface area contributed by atoms with Crippen molar-refractivity contribution in [2.75, 3.05) is 18.4 Å². The maximum absolute atomic E-state index is 13.3. The van der Waals surface area contributed by atoms with Gasteiger partial charge in [-0.25, -0.2) is 4.99 Å². The fraction of sp³-hybridized carbons (Fsp3) is 0.333. The van der Waals surface area contributed by atoms with Crippen molar-refractivity contribution in [2.45, 2.75) is 45.1 Å². The van der Waals surface area contributed by atoms with E-state index in [1.54, 1.807) is 12.1 Å². The van der Waals surface area contributed by atoms with Crippen LogP contribution in [0, 0.1) is 18.4 Å². The zero-order valence-corrected chi connectivity index (χ0v) is 21.5. The third-order valence-corrected chi connectivity index (χ3v) is 6.09. The van der Waals surface area contributed by atoms with Gasteiger partial charge < -0.3 is 24.7 Å². The number of ether oxygens (including phenoxy) is 1. The monoisotopic (exact) mass is 556 g/mol. The number of benzene rings is 2. The van der Waals surface area contributed by atoms with E-state index in [2.05, 4.69) is 25.7 Å². The van der Waals surface area contributed by atoms with E-state index >= 15 is 0 Å². The summed E-state index contributed by atoms with van der Waals surface area (Å²) >= 11 is 0. The molecule has 1 aliphatic heterocycles. The second-order valence-corrected chi connectivity index (χ2v) is 9.19. The van der Waals surface area contributed by atoms with Gasteiger partial charge in [-0.3, -0.25) is 14.9 Å². The number of amides is 2. The molecule has 3 N–H and O–H groups in total. The molecule has 3 aromatic rings. The number of aliphatic imine (C=N–C) groups is 1. The molecule has 4 rings (SSSR count). The van der Waals surface area contributed by atoms with Gasteiger partial charge in [-0.05, 0) is 68.1 Å². The first kappa shape index (κ1) is 28.3. The second kappa shape index (κ2) is 12.4. The van der Waals surface area contributed by atoms with Crippen LogP contribution < -0.4 is 20.7 Å². The number of guanidine groups is 1. The summed E-state index contributed by atoms with van der Waals surface area (Å²) in [7, 11) is 0. The molecule has 0 aliphatic carbocycles. The lowest BCUT2D eigenvalue weighted by molar-refractivity contribution is -0.274. The van der Waals surface area contributed by atoms with E-state index in [0.29, 0.717) is 37.1 Å². The van der Waals surface area contributed by atoms with Crippen molar-refractivity contribution in [3.05, 3.63) is 59.9 Å². The van der Waals surface area contributed by atoms with E-state index in [0.717, 1.165) is 28.9 Å². The summed E-state index contributed by atoms with van der Waals surface area (Å²) < 4.78 is 46.4. The topological polar surface area (TPSA) is 132 Å². The molecule has 2 amide bonds. The fourth-order valence-electron chi connectivity index (χ4n) is 4.30. The molecule has 0 saturated carbocycles. The lowest BCUT2D eigenvalue weighted by Crippen LogP contribution is -2.44. The molecule has 40 heavy (non-hydrogen) atoms. The van der Waals surface area contributed by atoms with Crippen molar-refractivity contribution in [1.82, 2.24) is 15.5 Å². The summed E-state index contributed by atoms with van der Waals surface area (Å²) in [5.41, 5.74) is 1.93. The molecular weight excluding hydrogens is 529 g/mol. The van der Waals surface area contributed by atoms with Gasteiger partial charge in [-0.1, -0.05) is 12.1 Å². The maximum atomic E-state index is 13.3. The fourth-order valence-corrected chi connectivity index (χ4v) is 4.30. The van der Waals surface area contributed by atoms with Gasteiger partial charge in [-0.2, -0.15) is 5.26 Å². The van der Waals surface area contributed by atoms with Gasteiger partial charge >= 0.3 is 6.36 Å². The van der Waals surface area contributed by atoms with E-state index in [9.17, 15) is 28.0 Å². The largest absolute Gasteiger partial charge is 0.573 e. The zero-order chi connectivity index (χ0) is 28.7. The standard InChI is InChI=1S/C27H27F3N6O4/c1-17-12-19-13-20(7-10-23(19)39-17)34-26(33-16-31)35-22-4-2-3-11-36(25(22)38)15-24(37)32-14-18-5-8-21(9-6-18)40-27(28,29)30/h5-10,12-13,22H,2-4,11,14-15H2,1H3,(H,32,37)(H2,33,34,35). The molecule has 2 aromatic carbocycles. The van der Waals surface area contributed by atoms with Crippen LogP contribution in [0.5, 0.6) is 5.75 Å². The molecule has 0 bridgehead atoms. The number of fused-ring (bicyclic) bond motifs is 1. The summed E-state index contributed by atoms with van der Waals surface area (Å²) in [6, 6.07) is 11.6. The highest BCUT2D eigenvalue weighted by Crippen LogP contribution is 2.24. The average molecular weight is 557 g/mol. The minimum absolute atomic E-state index is 0.0649. The number of likely N-dealkylation sites (tertiary alicyclic amines) is 1. The number of nitrogens with one attached hydrogen (secondary N) is 3. The predicted octanol–water partition coefficient (Wildman–Crippen LogP) is 4.18. The van der Waals surface area contributed by atoms with Crippen LogP contribution in [-0.4, -0.2) is 48.2 Å². The smallest absolute Gasteiger partial charge is 0.461 e. The quantitative estimate of drug-likeness (QED) is 0.172. The van der Waals surface area contributed by atoms with Crippen LogP contribution in [0.1, 0.15) is 30.6 Å². The average Bonchev–Trinajstić information content (AvgIpc) is 3.18. The maximum Gasteiger partial charge on any atom is 0.573 e. The van der Waals surface area contributed by atoms with Crippen LogP contribution in [0.25, 0.3) is 11.0 Å². The van der Waals surface area contributed by atoms with E-state index in [1.807, 2.05) is 25.2 Å². The minimum Gasteiger partial charge on any atom is -0.461 e. The van der Waals surface area contributed by atoms with Crippen LogP contribution in [-0.2, 0) is 16.1 Å². The van der Waals surface area contributed by atoms with Gasteiger partial charge in [0, 0.05) is 24.2 Å². The van der Waals surface area contributed by atoms with Gasteiger partial charge in [0.05, 0.1) is 6.54 Å². The van der Waals surface area contributed by atoms with Gasteiger partial charge in [-0.15, -0.1) is 13.2 Å². The number of aryl methyl sites for hydroxylation is 1. The number of halogens is 3. The molecule has 10 nitrogen and oxygen atoms in total. The first-order valence-corrected chi connectivity index (χ1v) is 12.5. The Morgan fingerprint density at radius 3 is 2.70 bits per heavy atom. The van der Waals surface area contributed by atoms with E-state index < -0.39 is 18.3 Å². The Morgan fingerprint density at radius 2 is 1.98 bits per heavy atom. The van der Waals surface area contributed by atoms with E-state index in [-0.39, 0.29) is 30.7 Å². The first-order valence-electron chi connectivity index (χ1n) is 12.5. The molecule has 210 valence electrons. The molecule has 1 aliphatic rings. The number of alkyl halides is 3. The summed E-state index contributed by atoms with van der Waals surface area (Å²) in [6.07, 6.45) is -1.14. The number of hydrogen-bond donors (Lipinski definition) is 3. The molecule has 1 aromatic heterocycles. The molecule has 1 unspecified atom stereocenters. The number of carbonyl (C=O) groups is 2.